The molecule has 0 heterocycles. The van der Waals surface area contributed by atoms with Crippen molar-refractivity contribution in [2.24, 2.45) is 0 Å². The van der Waals surface area contributed by atoms with Crippen molar-refractivity contribution in [2.45, 2.75) is 20.0 Å². The van der Waals surface area contributed by atoms with Crippen LogP contribution in [0.15, 0.2) is 46.9 Å². The fourth-order valence-electron chi connectivity index (χ4n) is 1.90. The molecule has 0 aliphatic heterocycles. The third-order valence-corrected chi connectivity index (χ3v) is 3.65. The van der Waals surface area contributed by atoms with E-state index in [2.05, 4.69) is 15.9 Å². The number of rotatable bonds is 5. The molecule has 2 rings (SSSR count). The molecule has 0 atom stereocenters. The molecule has 0 aliphatic rings. The van der Waals surface area contributed by atoms with E-state index < -0.39 is 11.9 Å². The van der Waals surface area contributed by atoms with E-state index in [0.29, 0.717) is 27.1 Å². The molecule has 0 aromatic heterocycles. The van der Waals surface area contributed by atoms with Gasteiger partial charge in [0.05, 0.1) is 28.8 Å². The number of ether oxygens (including phenoxy) is 3. The largest absolute Gasteiger partial charge is 0.496 e. The fraction of sp³-hybridized carbons (Fsp3) is 0.222. The first kappa shape index (κ1) is 18.0. The van der Waals surface area contributed by atoms with Crippen molar-refractivity contribution in [3.8, 4) is 11.5 Å². The van der Waals surface area contributed by atoms with Gasteiger partial charge in [-0.25, -0.2) is 9.59 Å². The highest BCUT2D eigenvalue weighted by Gasteiger charge is 2.13. The van der Waals surface area contributed by atoms with Gasteiger partial charge in [-0.05, 0) is 72.2 Å². The molecule has 0 N–H and O–H groups in total. The highest BCUT2D eigenvalue weighted by Crippen LogP contribution is 2.26. The molecule has 0 aliphatic carbocycles. The minimum absolute atomic E-state index is 0.191. The Kier molecular flexibility index (Phi) is 5.98. The monoisotopic (exact) mass is 392 g/mol. The smallest absolute Gasteiger partial charge is 0.343 e. The summed E-state index contributed by atoms with van der Waals surface area (Å²) in [6.45, 7) is 3.56. The number of esters is 2. The van der Waals surface area contributed by atoms with Crippen LogP contribution in [0.2, 0.25) is 0 Å². The third-order valence-electron chi connectivity index (χ3n) is 3.03. The van der Waals surface area contributed by atoms with E-state index in [1.165, 1.54) is 0 Å². The molecule has 6 heteroatoms. The minimum Gasteiger partial charge on any atom is -0.496 e. The van der Waals surface area contributed by atoms with E-state index in [1.807, 2.05) is 0 Å². The zero-order valence-corrected chi connectivity index (χ0v) is 15.1. The summed E-state index contributed by atoms with van der Waals surface area (Å²) in [6, 6.07) is 11.1. The first-order chi connectivity index (χ1) is 11.4. The van der Waals surface area contributed by atoms with Crippen LogP contribution in [0.5, 0.6) is 11.5 Å². The van der Waals surface area contributed by atoms with Crippen LogP contribution in [0.4, 0.5) is 0 Å². The molecule has 2 aromatic rings. The van der Waals surface area contributed by atoms with Crippen molar-refractivity contribution < 1.29 is 23.8 Å². The van der Waals surface area contributed by atoms with Crippen molar-refractivity contribution >= 4 is 27.9 Å². The number of hydrogen-bond donors (Lipinski definition) is 0. The second-order valence-electron chi connectivity index (χ2n) is 5.22. The van der Waals surface area contributed by atoms with Crippen LogP contribution in [-0.2, 0) is 4.74 Å². The van der Waals surface area contributed by atoms with Gasteiger partial charge < -0.3 is 14.2 Å². The molecule has 5 nitrogen and oxygen atoms in total. The van der Waals surface area contributed by atoms with Crippen LogP contribution in [0, 0.1) is 0 Å². The van der Waals surface area contributed by atoms with Crippen molar-refractivity contribution in [2.75, 3.05) is 7.11 Å². The Bertz CT molecular complexity index is 738. The maximum atomic E-state index is 12.2. The summed E-state index contributed by atoms with van der Waals surface area (Å²) >= 11 is 3.32. The zero-order chi connectivity index (χ0) is 17.7. The lowest BCUT2D eigenvalue weighted by Crippen LogP contribution is -2.12. The van der Waals surface area contributed by atoms with Crippen LogP contribution in [-0.4, -0.2) is 25.2 Å². The quantitative estimate of drug-likeness (QED) is 0.562. The van der Waals surface area contributed by atoms with E-state index in [0.717, 1.165) is 0 Å². The van der Waals surface area contributed by atoms with E-state index >= 15 is 0 Å². The van der Waals surface area contributed by atoms with E-state index in [9.17, 15) is 9.59 Å². The number of carbonyl (C=O) groups excluding carboxylic acids is 2. The highest BCUT2D eigenvalue weighted by atomic mass is 79.9. The number of hydrogen-bond acceptors (Lipinski definition) is 5. The Labute approximate surface area is 148 Å². The molecule has 24 heavy (non-hydrogen) atoms. The van der Waals surface area contributed by atoms with E-state index in [1.54, 1.807) is 63.4 Å². The summed E-state index contributed by atoms with van der Waals surface area (Å²) in [5.74, 6) is 0.0467. The van der Waals surface area contributed by atoms with Gasteiger partial charge in [0.25, 0.3) is 0 Å². The molecular formula is C18H17BrO5. The Morgan fingerprint density at radius 3 is 2.12 bits per heavy atom. The van der Waals surface area contributed by atoms with Gasteiger partial charge >= 0.3 is 11.9 Å². The second-order valence-corrected chi connectivity index (χ2v) is 6.07. The van der Waals surface area contributed by atoms with Gasteiger partial charge in [0.2, 0.25) is 0 Å². The maximum absolute atomic E-state index is 12.2. The van der Waals surface area contributed by atoms with Gasteiger partial charge in [-0.15, -0.1) is 0 Å². The Hall–Kier alpha value is -2.34. The average molecular weight is 393 g/mol. The average Bonchev–Trinajstić information content (AvgIpc) is 2.54. The molecule has 0 bridgehead atoms. The normalized spacial score (nSPS) is 10.4. The van der Waals surface area contributed by atoms with Crippen LogP contribution < -0.4 is 9.47 Å². The topological polar surface area (TPSA) is 61.8 Å². The number of benzene rings is 2. The van der Waals surface area contributed by atoms with Crippen LogP contribution in [0.1, 0.15) is 34.6 Å². The number of halogens is 1. The molecule has 0 saturated heterocycles. The second kappa shape index (κ2) is 7.97. The van der Waals surface area contributed by atoms with E-state index in [4.69, 9.17) is 14.2 Å². The third kappa shape index (κ3) is 4.58. The molecule has 0 radical (unpaired) electrons. The van der Waals surface area contributed by atoms with Gasteiger partial charge in [-0.3, -0.25) is 0 Å². The molecule has 0 saturated carbocycles. The van der Waals surface area contributed by atoms with E-state index in [-0.39, 0.29) is 6.10 Å². The minimum atomic E-state index is -0.504. The molecule has 0 amide bonds. The Balaban J connectivity index is 2.07. The van der Waals surface area contributed by atoms with Crippen LogP contribution in [0.3, 0.4) is 0 Å². The van der Waals surface area contributed by atoms with Gasteiger partial charge in [0.15, 0.2) is 0 Å². The van der Waals surface area contributed by atoms with Crippen molar-refractivity contribution in [3.63, 3.8) is 0 Å². The first-order valence-corrected chi connectivity index (χ1v) is 8.06. The predicted molar refractivity (Wildman–Crippen MR) is 92.6 cm³/mol. The lowest BCUT2D eigenvalue weighted by molar-refractivity contribution is 0.0378. The highest BCUT2D eigenvalue weighted by molar-refractivity contribution is 9.10. The summed E-state index contributed by atoms with van der Waals surface area (Å²) in [5.41, 5.74) is 0.779. The Morgan fingerprint density at radius 2 is 1.58 bits per heavy atom. The van der Waals surface area contributed by atoms with Crippen LogP contribution >= 0.6 is 15.9 Å². The lowest BCUT2D eigenvalue weighted by atomic mass is 10.2. The van der Waals surface area contributed by atoms with Gasteiger partial charge in [0, 0.05) is 0 Å². The number of methoxy groups -OCH3 is 1. The molecular weight excluding hydrogens is 376 g/mol. The summed E-state index contributed by atoms with van der Waals surface area (Å²) in [6.07, 6.45) is -0.191. The first-order valence-electron chi connectivity index (χ1n) is 7.27. The molecule has 126 valence electrons. The summed E-state index contributed by atoms with van der Waals surface area (Å²) in [7, 11) is 1.55. The maximum Gasteiger partial charge on any atom is 0.343 e. The SMILES string of the molecule is COc1ccc(C(=O)Oc2ccc(C(=O)OC(C)C)cc2)cc1Br. The summed E-state index contributed by atoms with van der Waals surface area (Å²) in [4.78, 5) is 23.9. The standard InChI is InChI=1S/C18H17BrO5/c1-11(2)23-17(20)12-4-7-14(8-5-12)24-18(21)13-6-9-16(22-3)15(19)10-13/h4-11H,1-3H3. The lowest BCUT2D eigenvalue weighted by Gasteiger charge is -2.09. The molecule has 2 aromatic carbocycles. The summed E-state index contributed by atoms with van der Waals surface area (Å²) in [5, 5.41) is 0. The van der Waals surface area contributed by atoms with Gasteiger partial charge in [-0.1, -0.05) is 0 Å². The molecule has 0 spiro atoms. The predicted octanol–water partition coefficient (Wildman–Crippen LogP) is 4.24. The van der Waals surface area contributed by atoms with Gasteiger partial charge in [0.1, 0.15) is 11.5 Å². The fourth-order valence-corrected chi connectivity index (χ4v) is 2.44. The Morgan fingerprint density at radius 1 is 0.958 bits per heavy atom. The number of carbonyl (C=O) groups is 2. The molecule has 0 unspecified atom stereocenters. The van der Waals surface area contributed by atoms with Gasteiger partial charge in [-0.2, -0.15) is 0 Å². The summed E-state index contributed by atoms with van der Waals surface area (Å²) < 4.78 is 16.2. The molecule has 0 fully saturated rings. The van der Waals surface area contributed by atoms with Crippen molar-refractivity contribution in [1.29, 1.82) is 0 Å². The van der Waals surface area contributed by atoms with Crippen LogP contribution in [0.25, 0.3) is 0 Å². The van der Waals surface area contributed by atoms with Crippen molar-refractivity contribution in [1.82, 2.24) is 0 Å². The van der Waals surface area contributed by atoms with Crippen molar-refractivity contribution in [3.05, 3.63) is 58.1 Å². The zero-order valence-electron chi connectivity index (χ0n) is 13.5.